The lowest BCUT2D eigenvalue weighted by atomic mass is 9.95. The molecule has 0 atom stereocenters. The zero-order valence-electron chi connectivity index (χ0n) is 11.7. The van der Waals surface area contributed by atoms with Crippen LogP contribution in [0, 0.1) is 0 Å². The number of nitrogens with one attached hydrogen (secondary N) is 2. The Morgan fingerprint density at radius 2 is 2.10 bits per heavy atom. The molecule has 5 nitrogen and oxygen atoms in total. The summed E-state index contributed by atoms with van der Waals surface area (Å²) in [7, 11) is 0. The van der Waals surface area contributed by atoms with E-state index in [-0.39, 0.29) is 5.91 Å². The van der Waals surface area contributed by atoms with E-state index in [0.717, 1.165) is 18.7 Å². The maximum absolute atomic E-state index is 12.2. The van der Waals surface area contributed by atoms with Crippen molar-refractivity contribution >= 4 is 28.2 Å². The van der Waals surface area contributed by atoms with E-state index in [9.17, 15) is 4.79 Å². The Morgan fingerprint density at radius 3 is 2.86 bits per heavy atom. The fourth-order valence-electron chi connectivity index (χ4n) is 2.49. The summed E-state index contributed by atoms with van der Waals surface area (Å²) in [6.45, 7) is 0. The molecule has 0 unspecified atom stereocenters. The number of hydrogen-bond acceptors (Lipinski definition) is 5. The van der Waals surface area contributed by atoms with Gasteiger partial charge in [-0.05, 0) is 25.0 Å². The number of carbonyl (C=O) groups is 1. The lowest BCUT2D eigenvalue weighted by molar-refractivity contribution is 0.0923. The van der Waals surface area contributed by atoms with E-state index in [1.54, 1.807) is 11.6 Å². The number of rotatable bonds is 4. The second-order valence-corrected chi connectivity index (χ2v) is 6.04. The van der Waals surface area contributed by atoms with Crippen LogP contribution in [0.3, 0.4) is 0 Å². The van der Waals surface area contributed by atoms with Crippen molar-refractivity contribution < 1.29 is 4.79 Å². The molecule has 0 aliphatic heterocycles. The quantitative estimate of drug-likeness (QED) is 0.909. The fourth-order valence-corrected chi connectivity index (χ4v) is 3.19. The number of pyridine rings is 1. The number of thiazole rings is 1. The minimum atomic E-state index is -0.0766. The van der Waals surface area contributed by atoms with Gasteiger partial charge in [-0.25, -0.2) is 9.97 Å². The van der Waals surface area contributed by atoms with E-state index in [1.165, 1.54) is 30.6 Å². The van der Waals surface area contributed by atoms with E-state index in [0.29, 0.717) is 16.9 Å². The van der Waals surface area contributed by atoms with Crippen LogP contribution in [0.4, 0.5) is 10.9 Å². The average molecular weight is 302 g/mol. The standard InChI is InChI=1S/C15H18N4OS/c20-14(17-11-6-2-1-3-7-11)12-10-21-15(18-12)19-13-8-4-5-9-16-13/h4-5,8-11H,1-3,6-7H2,(H,17,20)(H,16,18,19). The number of nitrogens with zero attached hydrogens (tertiary/aromatic N) is 2. The van der Waals surface area contributed by atoms with Crippen LogP contribution in [0.25, 0.3) is 0 Å². The van der Waals surface area contributed by atoms with Crippen LogP contribution >= 0.6 is 11.3 Å². The highest BCUT2D eigenvalue weighted by molar-refractivity contribution is 7.14. The largest absolute Gasteiger partial charge is 0.348 e. The third kappa shape index (κ3) is 3.78. The van der Waals surface area contributed by atoms with Gasteiger partial charge in [0.15, 0.2) is 5.13 Å². The number of carbonyl (C=O) groups excluding carboxylic acids is 1. The Hall–Kier alpha value is -1.95. The van der Waals surface area contributed by atoms with E-state index in [4.69, 9.17) is 0 Å². The third-order valence-electron chi connectivity index (χ3n) is 3.58. The van der Waals surface area contributed by atoms with Crippen molar-refractivity contribution in [2.75, 3.05) is 5.32 Å². The van der Waals surface area contributed by atoms with Crippen LogP contribution in [0.5, 0.6) is 0 Å². The van der Waals surface area contributed by atoms with Gasteiger partial charge in [-0.1, -0.05) is 25.3 Å². The smallest absolute Gasteiger partial charge is 0.271 e. The first kappa shape index (κ1) is 14.0. The third-order valence-corrected chi connectivity index (χ3v) is 4.33. The number of aromatic nitrogens is 2. The van der Waals surface area contributed by atoms with E-state index in [2.05, 4.69) is 20.6 Å². The molecule has 0 saturated heterocycles. The molecule has 6 heteroatoms. The first-order chi connectivity index (χ1) is 10.3. The lowest BCUT2D eigenvalue weighted by Gasteiger charge is -2.22. The van der Waals surface area contributed by atoms with Crippen LogP contribution in [-0.2, 0) is 0 Å². The molecule has 1 amide bonds. The summed E-state index contributed by atoms with van der Waals surface area (Å²) in [6.07, 6.45) is 7.56. The molecule has 2 aromatic heterocycles. The lowest BCUT2D eigenvalue weighted by Crippen LogP contribution is -2.36. The molecular weight excluding hydrogens is 284 g/mol. The molecule has 110 valence electrons. The summed E-state index contributed by atoms with van der Waals surface area (Å²) in [4.78, 5) is 20.7. The van der Waals surface area contributed by atoms with Gasteiger partial charge in [0.25, 0.3) is 5.91 Å². The molecular formula is C15H18N4OS. The molecule has 1 aliphatic rings. The van der Waals surface area contributed by atoms with Gasteiger partial charge in [0.1, 0.15) is 11.5 Å². The van der Waals surface area contributed by atoms with Crippen LogP contribution in [0.15, 0.2) is 29.8 Å². The molecule has 1 saturated carbocycles. The van der Waals surface area contributed by atoms with Crippen LogP contribution in [-0.4, -0.2) is 21.9 Å². The second kappa shape index (κ2) is 6.67. The molecule has 1 aliphatic carbocycles. The van der Waals surface area contributed by atoms with Crippen molar-refractivity contribution in [1.82, 2.24) is 15.3 Å². The molecule has 3 rings (SSSR count). The molecule has 21 heavy (non-hydrogen) atoms. The highest BCUT2D eigenvalue weighted by atomic mass is 32.1. The topological polar surface area (TPSA) is 66.9 Å². The Balaban J connectivity index is 1.60. The molecule has 0 aromatic carbocycles. The van der Waals surface area contributed by atoms with E-state index < -0.39 is 0 Å². The van der Waals surface area contributed by atoms with Gasteiger partial charge in [0.05, 0.1) is 0 Å². The van der Waals surface area contributed by atoms with E-state index in [1.807, 2.05) is 18.2 Å². The van der Waals surface area contributed by atoms with Crippen molar-refractivity contribution in [1.29, 1.82) is 0 Å². The summed E-state index contributed by atoms with van der Waals surface area (Å²) in [5.74, 6) is 0.651. The van der Waals surface area contributed by atoms with Gasteiger partial charge in [0.2, 0.25) is 0 Å². The second-order valence-electron chi connectivity index (χ2n) is 5.19. The molecule has 0 radical (unpaired) electrons. The van der Waals surface area contributed by atoms with Gasteiger partial charge in [-0.15, -0.1) is 11.3 Å². The van der Waals surface area contributed by atoms with Gasteiger partial charge in [-0.3, -0.25) is 4.79 Å². The summed E-state index contributed by atoms with van der Waals surface area (Å²) in [5, 5.41) is 8.64. The predicted octanol–water partition coefficient (Wildman–Crippen LogP) is 3.34. The molecule has 2 heterocycles. The zero-order valence-corrected chi connectivity index (χ0v) is 12.5. The Kier molecular flexibility index (Phi) is 4.45. The SMILES string of the molecule is O=C(NC1CCCCC1)c1csc(Nc2ccccn2)n1. The van der Waals surface area contributed by atoms with Crippen molar-refractivity contribution in [3.05, 3.63) is 35.5 Å². The summed E-state index contributed by atoms with van der Waals surface area (Å²) in [6, 6.07) is 5.93. The summed E-state index contributed by atoms with van der Waals surface area (Å²) >= 11 is 1.41. The molecule has 0 bridgehead atoms. The minimum Gasteiger partial charge on any atom is -0.348 e. The molecule has 1 fully saturated rings. The van der Waals surface area contributed by atoms with Crippen molar-refractivity contribution in [3.63, 3.8) is 0 Å². The summed E-state index contributed by atoms with van der Waals surface area (Å²) < 4.78 is 0. The minimum absolute atomic E-state index is 0.0766. The Bertz CT molecular complexity index is 593. The van der Waals surface area contributed by atoms with Crippen LogP contribution < -0.4 is 10.6 Å². The maximum atomic E-state index is 12.2. The van der Waals surface area contributed by atoms with Crippen LogP contribution in [0.2, 0.25) is 0 Å². The molecule has 2 N–H and O–H groups in total. The normalized spacial score (nSPS) is 15.6. The zero-order chi connectivity index (χ0) is 14.5. The molecule has 0 spiro atoms. The van der Waals surface area contributed by atoms with Crippen molar-refractivity contribution in [2.45, 2.75) is 38.1 Å². The maximum Gasteiger partial charge on any atom is 0.271 e. The van der Waals surface area contributed by atoms with Gasteiger partial charge >= 0.3 is 0 Å². The number of anilines is 2. The Morgan fingerprint density at radius 1 is 1.24 bits per heavy atom. The molecule has 2 aromatic rings. The number of hydrogen-bond donors (Lipinski definition) is 2. The summed E-state index contributed by atoms with van der Waals surface area (Å²) in [5.41, 5.74) is 0.476. The van der Waals surface area contributed by atoms with Gasteiger partial charge in [0, 0.05) is 17.6 Å². The highest BCUT2D eigenvalue weighted by Crippen LogP contribution is 2.21. The van der Waals surface area contributed by atoms with Gasteiger partial charge < -0.3 is 10.6 Å². The van der Waals surface area contributed by atoms with Crippen molar-refractivity contribution in [2.24, 2.45) is 0 Å². The first-order valence-electron chi connectivity index (χ1n) is 7.26. The first-order valence-corrected chi connectivity index (χ1v) is 8.14. The van der Waals surface area contributed by atoms with Crippen molar-refractivity contribution in [3.8, 4) is 0 Å². The van der Waals surface area contributed by atoms with E-state index >= 15 is 0 Å². The van der Waals surface area contributed by atoms with Gasteiger partial charge in [-0.2, -0.15) is 0 Å². The fraction of sp³-hybridized carbons (Fsp3) is 0.400. The number of amides is 1. The highest BCUT2D eigenvalue weighted by Gasteiger charge is 2.18. The monoisotopic (exact) mass is 302 g/mol. The van der Waals surface area contributed by atoms with Crippen LogP contribution in [0.1, 0.15) is 42.6 Å². The Labute approximate surface area is 127 Å². The average Bonchev–Trinajstić information content (AvgIpc) is 2.98. The predicted molar refractivity (Wildman–Crippen MR) is 84.0 cm³/mol.